The van der Waals surface area contributed by atoms with Gasteiger partial charge < -0.3 is 10.6 Å². The van der Waals surface area contributed by atoms with Gasteiger partial charge in [0.05, 0.1) is 0 Å². The molecule has 0 bridgehead atoms. The smallest absolute Gasteiger partial charge is 0.242 e. The number of hydrogen-bond acceptors (Lipinski definition) is 2. The Kier molecular flexibility index (Phi) is 6.50. The maximum atomic E-state index is 12.1. The molecule has 116 valence electrons. The van der Waals surface area contributed by atoms with Crippen LogP contribution in [0, 0.1) is 5.41 Å². The van der Waals surface area contributed by atoms with Crippen molar-refractivity contribution in [2.45, 2.75) is 84.7 Å². The summed E-state index contributed by atoms with van der Waals surface area (Å²) in [5.74, 6) is -0.147. The zero-order valence-corrected chi connectivity index (χ0v) is 13.4. The first-order valence-corrected chi connectivity index (χ1v) is 7.92. The van der Waals surface area contributed by atoms with E-state index in [1.807, 2.05) is 20.8 Å². The molecule has 4 heteroatoms. The quantitative estimate of drug-likeness (QED) is 0.836. The number of rotatable bonds is 3. The molecule has 1 rings (SSSR count). The van der Waals surface area contributed by atoms with Gasteiger partial charge in [-0.3, -0.25) is 9.59 Å². The number of carbonyl (C=O) groups is 2. The van der Waals surface area contributed by atoms with E-state index in [1.54, 1.807) is 6.92 Å². The summed E-state index contributed by atoms with van der Waals surface area (Å²) in [6.45, 7) is 7.30. The van der Waals surface area contributed by atoms with Crippen molar-refractivity contribution in [3.8, 4) is 0 Å². The van der Waals surface area contributed by atoms with Crippen LogP contribution < -0.4 is 10.6 Å². The predicted octanol–water partition coefficient (Wildman–Crippen LogP) is 2.77. The van der Waals surface area contributed by atoms with Crippen molar-refractivity contribution in [1.29, 1.82) is 0 Å². The zero-order chi connectivity index (χ0) is 15.2. The summed E-state index contributed by atoms with van der Waals surface area (Å²) in [5.41, 5.74) is -0.464. The molecule has 1 fully saturated rings. The van der Waals surface area contributed by atoms with Crippen LogP contribution in [-0.4, -0.2) is 23.9 Å². The van der Waals surface area contributed by atoms with Crippen LogP contribution in [-0.2, 0) is 9.59 Å². The maximum Gasteiger partial charge on any atom is 0.242 e. The second-order valence-corrected chi connectivity index (χ2v) is 7.00. The highest BCUT2D eigenvalue weighted by Crippen LogP contribution is 2.17. The van der Waals surface area contributed by atoms with Gasteiger partial charge in [0.15, 0.2) is 0 Å². The van der Waals surface area contributed by atoms with Gasteiger partial charge in [0.1, 0.15) is 6.04 Å². The lowest BCUT2D eigenvalue weighted by molar-refractivity contribution is -0.133. The average Bonchev–Trinajstić information content (AvgIpc) is 2.30. The Hall–Kier alpha value is -1.06. The first-order valence-electron chi connectivity index (χ1n) is 7.92. The summed E-state index contributed by atoms with van der Waals surface area (Å²) in [7, 11) is 0. The van der Waals surface area contributed by atoms with E-state index in [-0.39, 0.29) is 17.9 Å². The number of nitrogens with one attached hydrogen (secondary N) is 2. The fraction of sp³-hybridized carbons (Fsp3) is 0.875. The van der Waals surface area contributed by atoms with Gasteiger partial charge in [-0.15, -0.1) is 0 Å². The van der Waals surface area contributed by atoms with Crippen LogP contribution in [0.2, 0.25) is 0 Å². The van der Waals surface area contributed by atoms with Crippen LogP contribution >= 0.6 is 0 Å². The molecule has 0 saturated heterocycles. The molecule has 0 aromatic carbocycles. The molecule has 1 atom stereocenters. The third-order valence-corrected chi connectivity index (χ3v) is 3.87. The fourth-order valence-corrected chi connectivity index (χ4v) is 2.41. The first kappa shape index (κ1) is 17.0. The zero-order valence-electron chi connectivity index (χ0n) is 13.4. The van der Waals surface area contributed by atoms with Gasteiger partial charge in [-0.2, -0.15) is 0 Å². The van der Waals surface area contributed by atoms with Crippen LogP contribution in [0.4, 0.5) is 0 Å². The monoisotopic (exact) mass is 282 g/mol. The van der Waals surface area contributed by atoms with Crippen molar-refractivity contribution < 1.29 is 9.59 Å². The van der Waals surface area contributed by atoms with Gasteiger partial charge >= 0.3 is 0 Å². The van der Waals surface area contributed by atoms with Gasteiger partial charge in [0.25, 0.3) is 0 Å². The molecule has 1 saturated carbocycles. The van der Waals surface area contributed by atoms with Crippen molar-refractivity contribution in [3.63, 3.8) is 0 Å². The lowest BCUT2D eigenvalue weighted by Gasteiger charge is -2.25. The first-order chi connectivity index (χ1) is 9.30. The van der Waals surface area contributed by atoms with Crippen LogP contribution in [0.15, 0.2) is 0 Å². The summed E-state index contributed by atoms with van der Waals surface area (Å²) in [6.07, 6.45) is 8.35. The minimum absolute atomic E-state index is 0.0619. The number of amides is 2. The maximum absolute atomic E-state index is 12.1. The lowest BCUT2D eigenvalue weighted by Crippen LogP contribution is -2.50. The SMILES string of the molecule is CC(NC(=O)C(C)(C)C)C(=O)NC1CCCCCCC1. The molecule has 20 heavy (non-hydrogen) atoms. The third-order valence-electron chi connectivity index (χ3n) is 3.87. The molecule has 2 N–H and O–H groups in total. The van der Waals surface area contributed by atoms with Gasteiger partial charge in [0.2, 0.25) is 11.8 Å². The van der Waals surface area contributed by atoms with Gasteiger partial charge in [0, 0.05) is 11.5 Å². The molecule has 0 radical (unpaired) electrons. The second-order valence-electron chi connectivity index (χ2n) is 7.00. The minimum atomic E-state index is -0.466. The van der Waals surface area contributed by atoms with E-state index in [2.05, 4.69) is 10.6 Å². The average molecular weight is 282 g/mol. The number of hydrogen-bond donors (Lipinski definition) is 2. The predicted molar refractivity (Wildman–Crippen MR) is 81.3 cm³/mol. The topological polar surface area (TPSA) is 58.2 Å². The molecular formula is C16H30N2O2. The molecule has 0 heterocycles. The Morgan fingerprint density at radius 3 is 2.00 bits per heavy atom. The Bertz CT molecular complexity index is 326. The Balaban J connectivity index is 2.42. The highest BCUT2D eigenvalue weighted by molar-refractivity contribution is 5.89. The molecule has 4 nitrogen and oxygen atoms in total. The molecule has 1 unspecified atom stereocenters. The standard InChI is InChI=1S/C16H30N2O2/c1-12(17-15(20)16(2,3)4)14(19)18-13-10-8-6-5-7-9-11-13/h12-13H,5-11H2,1-4H3,(H,17,20)(H,18,19). The minimum Gasteiger partial charge on any atom is -0.352 e. The van der Waals surface area contributed by atoms with E-state index in [4.69, 9.17) is 0 Å². The summed E-state index contributed by atoms with van der Waals surface area (Å²) in [4.78, 5) is 24.0. The normalized spacial score (nSPS) is 19.6. The second kappa shape index (κ2) is 7.65. The van der Waals surface area contributed by atoms with E-state index in [9.17, 15) is 9.59 Å². The molecule has 0 aromatic rings. The molecule has 1 aliphatic carbocycles. The largest absolute Gasteiger partial charge is 0.352 e. The van der Waals surface area contributed by atoms with Crippen molar-refractivity contribution >= 4 is 11.8 Å². The molecule has 0 aliphatic heterocycles. The molecule has 0 aromatic heterocycles. The van der Waals surface area contributed by atoms with E-state index < -0.39 is 11.5 Å². The summed E-state index contributed by atoms with van der Waals surface area (Å²) in [5, 5.41) is 5.88. The Morgan fingerprint density at radius 1 is 1.00 bits per heavy atom. The van der Waals surface area contributed by atoms with Crippen molar-refractivity contribution in [2.75, 3.05) is 0 Å². The van der Waals surface area contributed by atoms with Crippen molar-refractivity contribution in [1.82, 2.24) is 10.6 Å². The molecule has 1 aliphatic rings. The van der Waals surface area contributed by atoms with Gasteiger partial charge in [-0.05, 0) is 19.8 Å². The molecule has 2 amide bonds. The molecular weight excluding hydrogens is 252 g/mol. The fourth-order valence-electron chi connectivity index (χ4n) is 2.41. The van der Waals surface area contributed by atoms with Gasteiger partial charge in [-0.1, -0.05) is 52.9 Å². The summed E-state index contributed by atoms with van der Waals surface area (Å²) < 4.78 is 0. The summed E-state index contributed by atoms with van der Waals surface area (Å²) >= 11 is 0. The van der Waals surface area contributed by atoms with Crippen molar-refractivity contribution in [3.05, 3.63) is 0 Å². The van der Waals surface area contributed by atoms with Crippen LogP contribution in [0.25, 0.3) is 0 Å². The number of carbonyl (C=O) groups excluding carboxylic acids is 2. The van der Waals surface area contributed by atoms with E-state index in [0.717, 1.165) is 12.8 Å². The highest BCUT2D eigenvalue weighted by Gasteiger charge is 2.26. The van der Waals surface area contributed by atoms with E-state index in [1.165, 1.54) is 32.1 Å². The van der Waals surface area contributed by atoms with Crippen LogP contribution in [0.3, 0.4) is 0 Å². The summed E-state index contributed by atoms with van der Waals surface area (Å²) in [6, 6.07) is -0.191. The van der Waals surface area contributed by atoms with E-state index in [0.29, 0.717) is 0 Å². The van der Waals surface area contributed by atoms with Crippen LogP contribution in [0.5, 0.6) is 0 Å². The van der Waals surface area contributed by atoms with Gasteiger partial charge in [-0.25, -0.2) is 0 Å². The highest BCUT2D eigenvalue weighted by atomic mass is 16.2. The van der Waals surface area contributed by atoms with Crippen molar-refractivity contribution in [2.24, 2.45) is 5.41 Å². The molecule has 0 spiro atoms. The van der Waals surface area contributed by atoms with Crippen LogP contribution in [0.1, 0.15) is 72.6 Å². The Morgan fingerprint density at radius 2 is 1.50 bits per heavy atom. The lowest BCUT2D eigenvalue weighted by atomic mass is 9.95. The third kappa shape index (κ3) is 5.93. The Labute approximate surface area is 123 Å². The van der Waals surface area contributed by atoms with E-state index >= 15 is 0 Å².